The molecule has 0 spiro atoms. The highest BCUT2D eigenvalue weighted by Crippen LogP contribution is 2.24. The molecule has 1 aliphatic rings. The lowest BCUT2D eigenvalue weighted by molar-refractivity contribution is 0.0915. The van der Waals surface area contributed by atoms with Gasteiger partial charge < -0.3 is 10.4 Å². The summed E-state index contributed by atoms with van der Waals surface area (Å²) in [7, 11) is 0. The molecule has 1 aromatic rings. The summed E-state index contributed by atoms with van der Waals surface area (Å²) in [5.41, 5.74) is 1.19. The molecule has 2 atom stereocenters. The first-order chi connectivity index (χ1) is 8.58. The van der Waals surface area contributed by atoms with Gasteiger partial charge in [-0.1, -0.05) is 6.42 Å². The molecule has 0 aromatic carbocycles. The Hall–Kier alpha value is -1.49. The van der Waals surface area contributed by atoms with Gasteiger partial charge >= 0.3 is 0 Å². The Bertz CT molecular complexity index is 448. The van der Waals surface area contributed by atoms with Crippen molar-refractivity contribution in [1.82, 2.24) is 15.3 Å². The zero-order valence-electron chi connectivity index (χ0n) is 10.8. The number of aliphatic hydroxyl groups excluding tert-OH is 1. The van der Waals surface area contributed by atoms with Crippen LogP contribution >= 0.6 is 0 Å². The van der Waals surface area contributed by atoms with Gasteiger partial charge in [-0.15, -0.1) is 0 Å². The van der Waals surface area contributed by atoms with Gasteiger partial charge in [0.1, 0.15) is 5.82 Å². The van der Waals surface area contributed by atoms with Gasteiger partial charge in [0.2, 0.25) is 0 Å². The normalized spacial score (nSPS) is 23.1. The van der Waals surface area contributed by atoms with Crippen molar-refractivity contribution in [3.05, 3.63) is 23.3 Å². The van der Waals surface area contributed by atoms with Gasteiger partial charge in [0.05, 0.1) is 17.4 Å². The topological polar surface area (TPSA) is 75.1 Å². The van der Waals surface area contributed by atoms with Crippen LogP contribution in [0, 0.1) is 19.8 Å². The van der Waals surface area contributed by atoms with Crippen molar-refractivity contribution in [2.24, 2.45) is 5.92 Å². The Morgan fingerprint density at radius 2 is 2.28 bits per heavy atom. The number of aromatic nitrogens is 2. The van der Waals surface area contributed by atoms with Crippen LogP contribution in [0.25, 0.3) is 0 Å². The Balaban J connectivity index is 1.95. The summed E-state index contributed by atoms with van der Waals surface area (Å²) >= 11 is 0. The third-order valence-corrected chi connectivity index (χ3v) is 3.49. The van der Waals surface area contributed by atoms with Gasteiger partial charge in [0.25, 0.3) is 5.91 Å². The number of carbonyl (C=O) groups excluding carboxylic acids is 1. The van der Waals surface area contributed by atoms with Crippen LogP contribution in [0.15, 0.2) is 6.20 Å². The second-order valence-corrected chi connectivity index (χ2v) is 4.88. The average molecular weight is 249 g/mol. The van der Waals surface area contributed by atoms with Gasteiger partial charge in [0.15, 0.2) is 0 Å². The Labute approximate surface area is 107 Å². The van der Waals surface area contributed by atoms with Crippen molar-refractivity contribution in [2.45, 2.75) is 39.2 Å². The lowest BCUT2D eigenvalue weighted by Gasteiger charge is -2.15. The van der Waals surface area contributed by atoms with E-state index in [0.717, 1.165) is 19.3 Å². The number of nitrogens with one attached hydrogen (secondary N) is 1. The van der Waals surface area contributed by atoms with E-state index in [4.69, 9.17) is 0 Å². The van der Waals surface area contributed by atoms with Crippen LogP contribution in [-0.2, 0) is 0 Å². The number of carbonyl (C=O) groups is 1. The van der Waals surface area contributed by atoms with E-state index >= 15 is 0 Å². The monoisotopic (exact) mass is 249 g/mol. The molecule has 1 heterocycles. The minimum absolute atomic E-state index is 0.161. The summed E-state index contributed by atoms with van der Waals surface area (Å²) in [4.78, 5) is 20.2. The molecule has 98 valence electrons. The molecule has 18 heavy (non-hydrogen) atoms. The highest BCUT2D eigenvalue weighted by Gasteiger charge is 2.25. The van der Waals surface area contributed by atoms with E-state index in [1.807, 2.05) is 0 Å². The molecular weight excluding hydrogens is 230 g/mol. The first-order valence-corrected chi connectivity index (χ1v) is 6.34. The zero-order valence-corrected chi connectivity index (χ0v) is 10.8. The predicted octanol–water partition coefficient (Wildman–Crippen LogP) is 0.984. The third kappa shape index (κ3) is 2.85. The summed E-state index contributed by atoms with van der Waals surface area (Å²) in [5.74, 6) is 0.683. The van der Waals surface area contributed by atoms with Crippen molar-refractivity contribution in [3.8, 4) is 0 Å². The summed E-state index contributed by atoms with van der Waals surface area (Å²) in [6, 6.07) is 0. The van der Waals surface area contributed by atoms with Crippen LogP contribution in [0.2, 0.25) is 0 Å². The number of aryl methyl sites for hydroxylation is 2. The second kappa shape index (κ2) is 5.44. The number of aliphatic hydroxyl groups is 1. The lowest BCUT2D eigenvalue weighted by atomic mass is 10.1. The smallest absolute Gasteiger partial charge is 0.254 e. The van der Waals surface area contributed by atoms with Crippen LogP contribution in [0.5, 0.6) is 0 Å². The highest BCUT2D eigenvalue weighted by molar-refractivity contribution is 5.94. The van der Waals surface area contributed by atoms with Gasteiger partial charge in [-0.05, 0) is 26.7 Å². The summed E-state index contributed by atoms with van der Waals surface area (Å²) < 4.78 is 0. The summed E-state index contributed by atoms with van der Waals surface area (Å²) in [5, 5.41) is 12.5. The quantitative estimate of drug-likeness (QED) is 0.837. The molecule has 5 heteroatoms. The van der Waals surface area contributed by atoms with Gasteiger partial charge in [-0.25, -0.2) is 9.97 Å². The van der Waals surface area contributed by atoms with Crippen LogP contribution < -0.4 is 5.32 Å². The largest absolute Gasteiger partial charge is 0.393 e. The number of hydrogen-bond donors (Lipinski definition) is 2. The SMILES string of the molecule is Cc1ncc(C(=O)NCC2CCCC2O)c(C)n1. The van der Waals surface area contributed by atoms with Crippen molar-refractivity contribution in [3.63, 3.8) is 0 Å². The minimum Gasteiger partial charge on any atom is -0.393 e. The molecule has 1 aliphatic carbocycles. The molecule has 1 aromatic heterocycles. The van der Waals surface area contributed by atoms with Crippen LogP contribution in [-0.4, -0.2) is 33.6 Å². The Morgan fingerprint density at radius 1 is 1.50 bits per heavy atom. The van der Waals surface area contributed by atoms with E-state index < -0.39 is 0 Å². The molecule has 2 N–H and O–H groups in total. The zero-order chi connectivity index (χ0) is 13.1. The molecule has 0 aliphatic heterocycles. The standard InChI is InChI=1S/C13H19N3O2/c1-8-11(7-14-9(2)16-8)13(18)15-6-10-4-3-5-12(10)17/h7,10,12,17H,3-6H2,1-2H3,(H,15,18). The molecule has 1 saturated carbocycles. The van der Waals surface area contributed by atoms with E-state index in [1.54, 1.807) is 20.0 Å². The summed E-state index contributed by atoms with van der Waals surface area (Å²) in [6.45, 7) is 4.12. The van der Waals surface area contributed by atoms with Crippen molar-refractivity contribution >= 4 is 5.91 Å². The maximum atomic E-state index is 12.0. The van der Waals surface area contributed by atoms with Crippen molar-refractivity contribution in [2.75, 3.05) is 6.54 Å². The van der Waals surface area contributed by atoms with Gasteiger partial charge in [-0.3, -0.25) is 4.79 Å². The number of amides is 1. The minimum atomic E-state index is -0.277. The van der Waals surface area contributed by atoms with Crippen LogP contribution in [0.1, 0.15) is 41.1 Å². The average Bonchev–Trinajstić information content (AvgIpc) is 2.72. The van der Waals surface area contributed by atoms with Crippen LogP contribution in [0.3, 0.4) is 0 Å². The predicted molar refractivity (Wildman–Crippen MR) is 67.2 cm³/mol. The van der Waals surface area contributed by atoms with E-state index in [2.05, 4.69) is 15.3 Å². The van der Waals surface area contributed by atoms with E-state index in [0.29, 0.717) is 23.6 Å². The Kier molecular flexibility index (Phi) is 3.91. The fourth-order valence-electron chi connectivity index (χ4n) is 2.38. The molecule has 0 saturated heterocycles. The third-order valence-electron chi connectivity index (χ3n) is 3.49. The molecule has 2 unspecified atom stereocenters. The fourth-order valence-corrected chi connectivity index (χ4v) is 2.38. The Morgan fingerprint density at radius 3 is 2.89 bits per heavy atom. The molecule has 0 radical (unpaired) electrons. The maximum absolute atomic E-state index is 12.0. The van der Waals surface area contributed by atoms with Crippen molar-refractivity contribution in [1.29, 1.82) is 0 Å². The molecule has 1 amide bonds. The molecule has 2 rings (SSSR count). The molecule has 1 fully saturated rings. The van der Waals surface area contributed by atoms with E-state index in [1.165, 1.54) is 0 Å². The highest BCUT2D eigenvalue weighted by atomic mass is 16.3. The lowest BCUT2D eigenvalue weighted by Crippen LogP contribution is -2.33. The molecule has 5 nitrogen and oxygen atoms in total. The fraction of sp³-hybridized carbons (Fsp3) is 0.615. The summed E-state index contributed by atoms with van der Waals surface area (Å²) in [6.07, 6.45) is 4.13. The van der Waals surface area contributed by atoms with E-state index in [-0.39, 0.29) is 17.9 Å². The van der Waals surface area contributed by atoms with Gasteiger partial charge in [0, 0.05) is 18.7 Å². The first-order valence-electron chi connectivity index (χ1n) is 6.34. The number of hydrogen-bond acceptors (Lipinski definition) is 4. The molecular formula is C13H19N3O2. The second-order valence-electron chi connectivity index (χ2n) is 4.88. The van der Waals surface area contributed by atoms with Crippen molar-refractivity contribution < 1.29 is 9.90 Å². The van der Waals surface area contributed by atoms with Crippen LogP contribution in [0.4, 0.5) is 0 Å². The van der Waals surface area contributed by atoms with E-state index in [9.17, 15) is 9.90 Å². The van der Waals surface area contributed by atoms with Gasteiger partial charge in [-0.2, -0.15) is 0 Å². The molecule has 0 bridgehead atoms. The number of rotatable bonds is 3. The first kappa shape index (κ1) is 13.0. The number of nitrogens with zero attached hydrogens (tertiary/aromatic N) is 2. The maximum Gasteiger partial charge on any atom is 0.254 e.